The Morgan fingerprint density at radius 1 is 1.09 bits per heavy atom. The maximum atomic E-state index is 12.7. The van der Waals surface area contributed by atoms with Crippen LogP contribution in [0.25, 0.3) is 11.1 Å². The fourth-order valence-electron chi connectivity index (χ4n) is 4.74. The number of carboxylic acid groups (broad SMARTS) is 1. The van der Waals surface area contributed by atoms with Gasteiger partial charge in [0.2, 0.25) is 0 Å². The lowest BCUT2D eigenvalue weighted by atomic mass is 9.79. The number of fused-ring (bicyclic) bond motifs is 3. The minimum absolute atomic E-state index is 0.0527. The van der Waals surface area contributed by atoms with Crippen LogP contribution in [0.1, 0.15) is 51.7 Å². The number of thiazole rings is 1. The highest BCUT2D eigenvalue weighted by molar-refractivity contribution is 7.17. The quantitative estimate of drug-likeness (QED) is 0.437. The molecule has 2 aromatic carbocycles. The van der Waals surface area contributed by atoms with E-state index in [1.807, 2.05) is 36.4 Å². The van der Waals surface area contributed by atoms with Crippen LogP contribution in [-0.2, 0) is 9.53 Å². The molecule has 2 aliphatic carbocycles. The van der Waals surface area contributed by atoms with E-state index in [-0.39, 0.29) is 28.5 Å². The molecule has 1 unspecified atom stereocenters. The molecule has 180 valence electrons. The van der Waals surface area contributed by atoms with Crippen molar-refractivity contribution in [3.8, 4) is 11.1 Å². The van der Waals surface area contributed by atoms with E-state index in [1.54, 1.807) is 6.92 Å². The molecule has 3 N–H and O–H groups in total. The number of nitrogens with one attached hydrogen (secondary N) is 2. The third kappa shape index (κ3) is 4.51. The van der Waals surface area contributed by atoms with Gasteiger partial charge in [-0.25, -0.2) is 14.6 Å². The Hall–Kier alpha value is -3.72. The van der Waals surface area contributed by atoms with Crippen molar-refractivity contribution in [2.75, 3.05) is 11.9 Å². The average Bonchev–Trinajstić information content (AvgIpc) is 3.33. The van der Waals surface area contributed by atoms with Crippen molar-refractivity contribution >= 4 is 34.4 Å². The molecule has 1 saturated carbocycles. The van der Waals surface area contributed by atoms with E-state index in [2.05, 4.69) is 27.8 Å². The highest BCUT2D eigenvalue weighted by Gasteiger charge is 2.35. The van der Waals surface area contributed by atoms with Gasteiger partial charge in [-0.1, -0.05) is 66.3 Å². The largest absolute Gasteiger partial charge is 0.480 e. The van der Waals surface area contributed by atoms with Gasteiger partial charge in [0.25, 0.3) is 5.91 Å². The van der Waals surface area contributed by atoms with Crippen LogP contribution >= 0.6 is 11.3 Å². The first kappa shape index (κ1) is 23.0. The van der Waals surface area contributed by atoms with Gasteiger partial charge in [0.1, 0.15) is 17.5 Å². The molecule has 0 spiro atoms. The van der Waals surface area contributed by atoms with Crippen LogP contribution in [0.2, 0.25) is 0 Å². The molecule has 35 heavy (non-hydrogen) atoms. The maximum Gasteiger partial charge on any atom is 0.413 e. The summed E-state index contributed by atoms with van der Waals surface area (Å²) in [5, 5.41) is 14.9. The Bertz CT molecular complexity index is 1250. The number of rotatable bonds is 7. The molecule has 0 aliphatic heterocycles. The molecule has 9 heteroatoms. The number of carboxylic acids is 1. The zero-order valence-electron chi connectivity index (χ0n) is 19.1. The zero-order valence-corrected chi connectivity index (χ0v) is 19.9. The Kier molecular flexibility index (Phi) is 6.25. The molecule has 2 amide bonds. The van der Waals surface area contributed by atoms with Crippen molar-refractivity contribution in [3.63, 3.8) is 0 Å². The highest BCUT2D eigenvalue weighted by Crippen LogP contribution is 2.44. The van der Waals surface area contributed by atoms with Crippen molar-refractivity contribution in [3.05, 3.63) is 70.2 Å². The zero-order chi connectivity index (χ0) is 24.5. The van der Waals surface area contributed by atoms with Gasteiger partial charge in [-0.2, -0.15) is 0 Å². The van der Waals surface area contributed by atoms with Crippen LogP contribution in [0, 0.1) is 12.8 Å². The summed E-state index contributed by atoms with van der Waals surface area (Å²) in [5.74, 6) is -1.66. The molecule has 1 atom stereocenters. The van der Waals surface area contributed by atoms with Gasteiger partial charge in [0.15, 0.2) is 5.13 Å². The van der Waals surface area contributed by atoms with Crippen molar-refractivity contribution in [2.45, 2.75) is 38.1 Å². The first-order valence-electron chi connectivity index (χ1n) is 11.6. The molecular weight excluding hydrogens is 466 g/mol. The summed E-state index contributed by atoms with van der Waals surface area (Å²) in [4.78, 5) is 41.3. The molecule has 0 bridgehead atoms. The number of aliphatic carboxylic acids is 1. The van der Waals surface area contributed by atoms with Gasteiger partial charge in [-0.3, -0.25) is 10.1 Å². The Balaban J connectivity index is 1.22. The third-order valence-electron chi connectivity index (χ3n) is 6.73. The number of aryl methyl sites for hydroxylation is 1. The van der Waals surface area contributed by atoms with Crippen molar-refractivity contribution in [2.24, 2.45) is 5.92 Å². The van der Waals surface area contributed by atoms with Gasteiger partial charge in [-0.15, -0.1) is 0 Å². The standard InChI is InChI=1S/C26H25N3O5S/c1-14-22(23(30)28-21(24(31)32)15-7-6-8-15)35-25(27-14)29-26(33)34-13-20-18-11-4-2-9-16(18)17-10-3-5-12-19(17)20/h2-5,9-12,15,20-21H,6-8,13H2,1H3,(H,28,30)(H,31,32)(H,27,29,33). The molecule has 1 fully saturated rings. The van der Waals surface area contributed by atoms with E-state index >= 15 is 0 Å². The summed E-state index contributed by atoms with van der Waals surface area (Å²) in [6.07, 6.45) is 1.88. The van der Waals surface area contributed by atoms with Gasteiger partial charge >= 0.3 is 12.1 Å². The van der Waals surface area contributed by atoms with E-state index in [1.165, 1.54) is 0 Å². The molecule has 3 aromatic rings. The topological polar surface area (TPSA) is 118 Å². The van der Waals surface area contributed by atoms with Crippen LogP contribution in [0.5, 0.6) is 0 Å². The predicted molar refractivity (Wildman–Crippen MR) is 132 cm³/mol. The molecule has 2 aliphatic rings. The van der Waals surface area contributed by atoms with Crippen LogP contribution in [0.4, 0.5) is 9.93 Å². The van der Waals surface area contributed by atoms with E-state index in [4.69, 9.17) is 4.74 Å². The number of carbonyl (C=O) groups excluding carboxylic acids is 2. The minimum atomic E-state index is -1.04. The monoisotopic (exact) mass is 491 g/mol. The lowest BCUT2D eigenvalue weighted by Crippen LogP contribution is -2.48. The van der Waals surface area contributed by atoms with E-state index in [0.29, 0.717) is 5.69 Å². The van der Waals surface area contributed by atoms with Gasteiger partial charge < -0.3 is 15.2 Å². The number of aromatic nitrogens is 1. The van der Waals surface area contributed by atoms with Crippen LogP contribution in [0.15, 0.2) is 48.5 Å². The number of hydrogen-bond acceptors (Lipinski definition) is 6. The lowest BCUT2D eigenvalue weighted by molar-refractivity contribution is -0.141. The second-order valence-corrected chi connectivity index (χ2v) is 9.86. The summed E-state index contributed by atoms with van der Waals surface area (Å²) in [5.41, 5.74) is 4.93. The number of amides is 2. The van der Waals surface area contributed by atoms with E-state index < -0.39 is 24.0 Å². The maximum absolute atomic E-state index is 12.7. The van der Waals surface area contributed by atoms with Crippen LogP contribution < -0.4 is 10.6 Å². The number of benzene rings is 2. The first-order valence-corrected chi connectivity index (χ1v) is 12.4. The molecule has 0 radical (unpaired) electrons. The second-order valence-electron chi connectivity index (χ2n) is 8.86. The Labute approximate surface area is 206 Å². The normalized spacial score (nSPS) is 15.5. The summed E-state index contributed by atoms with van der Waals surface area (Å²) < 4.78 is 5.54. The van der Waals surface area contributed by atoms with Crippen LogP contribution in [-0.4, -0.2) is 40.7 Å². The third-order valence-corrected chi connectivity index (χ3v) is 7.80. The number of carbonyl (C=O) groups is 3. The molecule has 5 rings (SSSR count). The fraction of sp³-hybridized carbons (Fsp3) is 0.308. The Morgan fingerprint density at radius 2 is 1.71 bits per heavy atom. The predicted octanol–water partition coefficient (Wildman–Crippen LogP) is 4.80. The lowest BCUT2D eigenvalue weighted by Gasteiger charge is -2.31. The fourth-order valence-corrected chi connectivity index (χ4v) is 5.60. The summed E-state index contributed by atoms with van der Waals surface area (Å²) >= 11 is 0.994. The summed E-state index contributed by atoms with van der Waals surface area (Å²) in [6.45, 7) is 1.81. The second kappa shape index (κ2) is 9.50. The highest BCUT2D eigenvalue weighted by atomic mass is 32.1. The first-order chi connectivity index (χ1) is 16.9. The van der Waals surface area contributed by atoms with Gasteiger partial charge in [0, 0.05) is 5.92 Å². The average molecular weight is 492 g/mol. The van der Waals surface area contributed by atoms with Crippen molar-refractivity contribution in [1.29, 1.82) is 0 Å². The van der Waals surface area contributed by atoms with Crippen molar-refractivity contribution in [1.82, 2.24) is 10.3 Å². The molecule has 1 heterocycles. The number of nitrogens with zero attached hydrogens (tertiary/aromatic N) is 1. The molecule has 1 aromatic heterocycles. The Morgan fingerprint density at radius 3 is 2.29 bits per heavy atom. The van der Waals surface area contributed by atoms with Crippen LogP contribution in [0.3, 0.4) is 0 Å². The van der Waals surface area contributed by atoms with Crippen molar-refractivity contribution < 1.29 is 24.2 Å². The molecular formula is C26H25N3O5S. The minimum Gasteiger partial charge on any atom is -0.480 e. The van der Waals surface area contributed by atoms with E-state index in [0.717, 1.165) is 52.9 Å². The molecule has 8 nitrogen and oxygen atoms in total. The van der Waals surface area contributed by atoms with E-state index in [9.17, 15) is 19.5 Å². The number of hydrogen-bond donors (Lipinski definition) is 3. The SMILES string of the molecule is Cc1nc(NC(=O)OCC2c3ccccc3-c3ccccc32)sc1C(=O)NC(C(=O)O)C1CCC1. The number of anilines is 1. The van der Waals surface area contributed by atoms with Gasteiger partial charge in [-0.05, 0) is 47.9 Å². The smallest absolute Gasteiger partial charge is 0.413 e. The molecule has 0 saturated heterocycles. The summed E-state index contributed by atoms with van der Waals surface area (Å²) in [6, 6.07) is 15.2. The number of ether oxygens (including phenoxy) is 1. The summed E-state index contributed by atoms with van der Waals surface area (Å²) in [7, 11) is 0. The van der Waals surface area contributed by atoms with Gasteiger partial charge in [0.05, 0.1) is 5.69 Å².